The number of carbonyl (C=O) groups is 1. The maximum Gasteiger partial charge on any atom is 0.139 e. The fourth-order valence-corrected chi connectivity index (χ4v) is 4.31. The number of Topliss-reactive ketones (excluding diaryl/α,β-unsaturated/α-hetero) is 1. The van der Waals surface area contributed by atoms with Crippen molar-refractivity contribution in [2.24, 2.45) is 17.3 Å². The molecule has 2 heteroatoms. The molecule has 0 heterocycles. The minimum atomic E-state index is -2.33. The normalized spacial score (nSPS) is 51.5. The summed E-state index contributed by atoms with van der Waals surface area (Å²) in [6.07, 6.45) is -2.88. The quantitative estimate of drug-likeness (QED) is 0.781. The average Bonchev–Trinajstić information content (AvgIpc) is 2.81. The van der Waals surface area contributed by atoms with E-state index in [1.165, 1.54) is 12.1 Å². The van der Waals surface area contributed by atoms with Crippen molar-refractivity contribution >= 4 is 5.78 Å². The van der Waals surface area contributed by atoms with Crippen LogP contribution in [0, 0.1) is 17.3 Å². The SMILES string of the molecule is [2H]C1([2H])c2cc(O)ccc2[C@@]2([2H])CC[C@]3(C)C(=O)CC[C@H]3[C@@H]2C1([2H])[2H]. The molecule has 0 unspecified atom stereocenters. The molecule has 2 fully saturated rings. The zero-order valence-electron chi connectivity index (χ0n) is 16.6. The van der Waals surface area contributed by atoms with Gasteiger partial charge in [-0.25, -0.2) is 0 Å². The van der Waals surface area contributed by atoms with E-state index in [1.807, 2.05) is 6.92 Å². The van der Waals surface area contributed by atoms with Crippen molar-refractivity contribution in [1.82, 2.24) is 0 Å². The van der Waals surface area contributed by atoms with Crippen LogP contribution in [0.4, 0.5) is 0 Å². The van der Waals surface area contributed by atoms with E-state index in [9.17, 15) is 9.90 Å². The minimum absolute atomic E-state index is 0.0664. The van der Waals surface area contributed by atoms with E-state index in [4.69, 9.17) is 6.85 Å². The maximum atomic E-state index is 12.5. The van der Waals surface area contributed by atoms with Crippen LogP contribution in [0.2, 0.25) is 0 Å². The maximum absolute atomic E-state index is 12.5. The highest BCUT2D eigenvalue weighted by Crippen LogP contribution is 2.59. The van der Waals surface area contributed by atoms with E-state index in [0.29, 0.717) is 31.2 Å². The topological polar surface area (TPSA) is 37.3 Å². The number of rotatable bonds is 0. The molecule has 1 aromatic carbocycles. The minimum Gasteiger partial charge on any atom is -0.508 e. The van der Waals surface area contributed by atoms with Crippen LogP contribution in [0.5, 0.6) is 5.75 Å². The Hall–Kier alpha value is -1.31. The van der Waals surface area contributed by atoms with Gasteiger partial charge in [0.25, 0.3) is 0 Å². The number of fused-ring (bicyclic) bond motifs is 5. The van der Waals surface area contributed by atoms with Crippen molar-refractivity contribution in [1.29, 1.82) is 0 Å². The van der Waals surface area contributed by atoms with Gasteiger partial charge < -0.3 is 5.11 Å². The molecule has 0 aliphatic heterocycles. The van der Waals surface area contributed by atoms with Crippen molar-refractivity contribution in [3.63, 3.8) is 0 Å². The Bertz CT molecular complexity index is 777. The summed E-state index contributed by atoms with van der Waals surface area (Å²) < 4.78 is 43.5. The molecule has 20 heavy (non-hydrogen) atoms. The fourth-order valence-electron chi connectivity index (χ4n) is 4.31. The largest absolute Gasteiger partial charge is 0.508 e. The second-order valence-electron chi connectivity index (χ2n) is 6.49. The van der Waals surface area contributed by atoms with E-state index in [2.05, 4.69) is 0 Å². The van der Waals surface area contributed by atoms with Gasteiger partial charge in [-0.15, -0.1) is 0 Å². The number of ketones is 1. The Morgan fingerprint density at radius 3 is 3.15 bits per heavy atom. The smallest absolute Gasteiger partial charge is 0.139 e. The van der Waals surface area contributed by atoms with Gasteiger partial charge >= 0.3 is 0 Å². The Labute approximate surface area is 127 Å². The summed E-state index contributed by atoms with van der Waals surface area (Å²) in [7, 11) is 0. The zero-order valence-corrected chi connectivity index (χ0v) is 11.6. The monoisotopic (exact) mass is 275 g/mol. The van der Waals surface area contributed by atoms with Crippen LogP contribution in [0.3, 0.4) is 0 Å². The highest BCUT2D eigenvalue weighted by Gasteiger charge is 2.54. The third-order valence-electron chi connectivity index (χ3n) is 5.54. The molecule has 0 aromatic heterocycles. The molecule has 1 N–H and O–H groups in total. The van der Waals surface area contributed by atoms with Crippen LogP contribution < -0.4 is 0 Å². The highest BCUT2D eigenvalue weighted by molar-refractivity contribution is 5.87. The lowest BCUT2D eigenvalue weighted by atomic mass is 9.55. The van der Waals surface area contributed by atoms with Crippen molar-refractivity contribution < 1.29 is 16.8 Å². The molecular weight excluding hydrogens is 248 g/mol. The van der Waals surface area contributed by atoms with Crippen LogP contribution >= 0.6 is 0 Å². The first-order chi connectivity index (χ1) is 11.5. The van der Waals surface area contributed by atoms with E-state index < -0.39 is 30.0 Å². The lowest BCUT2D eigenvalue weighted by Crippen LogP contribution is -2.42. The summed E-state index contributed by atoms with van der Waals surface area (Å²) in [5, 5.41) is 9.80. The summed E-state index contributed by atoms with van der Waals surface area (Å²) in [6.45, 7) is 1.87. The molecular formula is C18H22O2. The first kappa shape index (κ1) is 8.21. The summed E-state index contributed by atoms with van der Waals surface area (Å²) in [6, 6.07) is 4.27. The van der Waals surface area contributed by atoms with Crippen LogP contribution in [0.1, 0.15) is 62.9 Å². The molecule has 2 saturated carbocycles. The van der Waals surface area contributed by atoms with Crippen LogP contribution in [-0.4, -0.2) is 10.9 Å². The second kappa shape index (κ2) is 4.09. The summed E-state index contributed by atoms with van der Waals surface area (Å²) >= 11 is 0. The predicted molar refractivity (Wildman–Crippen MR) is 77.7 cm³/mol. The number of phenols is 1. The standard InChI is InChI=1S/C18H22O2/c1-18-9-8-14-13-5-3-12(19)10-11(13)2-4-15(14)16(18)6-7-17(18)20/h3,5,10,14-16,19H,2,4,6-9H2,1H3/t14-,15-,16+,18+/m1/s1/i2D2,4D2,14D. The molecule has 0 radical (unpaired) electrons. The first-order valence-corrected chi connectivity index (χ1v) is 7.33. The van der Waals surface area contributed by atoms with Crippen LogP contribution in [0.15, 0.2) is 18.2 Å². The molecule has 1 aromatic rings. The molecule has 0 bridgehead atoms. The second-order valence-corrected chi connectivity index (χ2v) is 6.49. The third kappa shape index (κ3) is 1.54. The number of benzene rings is 1. The molecule has 0 amide bonds. The number of hydrogen-bond donors (Lipinski definition) is 1. The summed E-state index contributed by atoms with van der Waals surface area (Å²) in [4.78, 5) is 12.5. The molecule has 3 aliphatic rings. The van der Waals surface area contributed by atoms with Gasteiger partial charge in [0, 0.05) is 18.7 Å². The van der Waals surface area contributed by atoms with Gasteiger partial charge in [-0.3, -0.25) is 4.79 Å². The van der Waals surface area contributed by atoms with E-state index in [0.717, 1.165) is 0 Å². The molecule has 106 valence electrons. The first-order valence-electron chi connectivity index (χ1n) is 9.83. The molecule has 3 aliphatic carbocycles. The van der Waals surface area contributed by atoms with Gasteiger partial charge in [0.05, 0.1) is 0 Å². The van der Waals surface area contributed by atoms with Crippen LogP contribution in [0.25, 0.3) is 0 Å². The van der Waals surface area contributed by atoms with Gasteiger partial charge in [-0.1, -0.05) is 13.0 Å². The lowest BCUT2D eigenvalue weighted by molar-refractivity contribution is -0.129. The molecule has 2 nitrogen and oxygen atoms in total. The van der Waals surface area contributed by atoms with Crippen LogP contribution in [-0.2, 0) is 11.2 Å². The summed E-state index contributed by atoms with van der Waals surface area (Å²) in [5.41, 5.74) is -0.138. The van der Waals surface area contributed by atoms with Crippen molar-refractivity contribution in [2.75, 3.05) is 0 Å². The zero-order chi connectivity index (χ0) is 18.4. The average molecular weight is 275 g/mol. The third-order valence-corrected chi connectivity index (χ3v) is 5.54. The lowest BCUT2D eigenvalue weighted by Gasteiger charge is -2.48. The number of aryl methyl sites for hydroxylation is 1. The Morgan fingerprint density at radius 1 is 1.45 bits per heavy atom. The summed E-state index contributed by atoms with van der Waals surface area (Å²) in [5.74, 6) is -2.52. The van der Waals surface area contributed by atoms with Gasteiger partial charge in [-0.2, -0.15) is 0 Å². The predicted octanol–water partition coefficient (Wildman–Crippen LogP) is 3.82. The van der Waals surface area contributed by atoms with E-state index >= 15 is 0 Å². The van der Waals surface area contributed by atoms with E-state index in [-0.39, 0.29) is 23.0 Å². The number of carbonyl (C=O) groups excluding carboxylic acids is 1. The van der Waals surface area contributed by atoms with Gasteiger partial charge in [0.2, 0.25) is 0 Å². The number of hydrogen-bond acceptors (Lipinski definition) is 2. The molecule has 0 spiro atoms. The van der Waals surface area contributed by atoms with Gasteiger partial charge in [-0.05, 0) is 73.0 Å². The fraction of sp³-hybridized carbons (Fsp3) is 0.611. The van der Waals surface area contributed by atoms with Crippen molar-refractivity contribution in [3.8, 4) is 5.75 Å². The number of phenolic OH excluding ortho intramolecular Hbond substituents is 1. The Kier molecular flexibility index (Phi) is 1.68. The highest BCUT2D eigenvalue weighted by atomic mass is 16.3. The van der Waals surface area contributed by atoms with Crippen molar-refractivity contribution in [3.05, 3.63) is 29.3 Å². The molecule has 4 rings (SSSR count). The number of aromatic hydroxyl groups is 1. The Morgan fingerprint density at radius 2 is 2.30 bits per heavy atom. The van der Waals surface area contributed by atoms with Crippen molar-refractivity contribution in [2.45, 2.75) is 51.2 Å². The van der Waals surface area contributed by atoms with Gasteiger partial charge in [0.15, 0.2) is 0 Å². The van der Waals surface area contributed by atoms with Gasteiger partial charge in [0.1, 0.15) is 11.5 Å². The molecule has 4 atom stereocenters. The Balaban J connectivity index is 1.99. The van der Waals surface area contributed by atoms with E-state index in [1.54, 1.807) is 6.07 Å². The molecule has 0 saturated heterocycles.